The van der Waals surface area contributed by atoms with Crippen molar-refractivity contribution in [3.8, 4) is 11.1 Å². The average Bonchev–Trinajstić information content (AvgIpc) is 2.92. The minimum Gasteiger partial charge on any atom is -0.389 e. The molecule has 2 aromatic carbocycles. The quantitative estimate of drug-likeness (QED) is 0.555. The SMILES string of the molecule is O=C(C[C@@H]1CC[C@H]2[C@@H](COC[C@H](O)CN2C(=O)c2ccncc2)O1)Nc1ccc(-c2ccccc2)cc1. The zero-order chi connectivity index (χ0) is 25.6. The molecule has 2 aliphatic heterocycles. The Hall–Kier alpha value is -3.59. The summed E-state index contributed by atoms with van der Waals surface area (Å²) in [6, 6.07) is 20.9. The van der Waals surface area contributed by atoms with Crippen molar-refractivity contribution in [2.45, 2.75) is 43.6 Å². The van der Waals surface area contributed by atoms with E-state index in [-0.39, 0.29) is 56.2 Å². The molecule has 5 rings (SSSR count). The van der Waals surface area contributed by atoms with Crippen molar-refractivity contribution in [1.82, 2.24) is 9.88 Å². The lowest BCUT2D eigenvalue weighted by Gasteiger charge is -2.44. The first kappa shape index (κ1) is 25.1. The molecule has 8 nitrogen and oxygen atoms in total. The molecule has 3 heterocycles. The highest BCUT2D eigenvalue weighted by molar-refractivity contribution is 5.94. The fourth-order valence-electron chi connectivity index (χ4n) is 5.03. The zero-order valence-corrected chi connectivity index (χ0v) is 20.5. The third kappa shape index (κ3) is 6.22. The number of hydrogen-bond donors (Lipinski definition) is 2. The molecule has 2 fully saturated rings. The average molecular weight is 502 g/mol. The third-order valence-electron chi connectivity index (χ3n) is 6.86. The second-order valence-corrected chi connectivity index (χ2v) is 9.52. The minimum absolute atomic E-state index is 0.122. The fraction of sp³-hybridized carbons (Fsp3) is 0.345. The molecule has 0 saturated carbocycles. The van der Waals surface area contributed by atoms with Crippen LogP contribution in [0.5, 0.6) is 0 Å². The lowest BCUT2D eigenvalue weighted by atomic mass is 9.94. The van der Waals surface area contributed by atoms with Gasteiger partial charge in [-0.1, -0.05) is 42.5 Å². The summed E-state index contributed by atoms with van der Waals surface area (Å²) in [6.07, 6.45) is 3.21. The van der Waals surface area contributed by atoms with E-state index in [2.05, 4.69) is 10.3 Å². The van der Waals surface area contributed by atoms with Gasteiger partial charge in [-0.05, 0) is 48.2 Å². The molecule has 0 unspecified atom stereocenters. The minimum atomic E-state index is -0.775. The second kappa shape index (κ2) is 11.6. The van der Waals surface area contributed by atoms with E-state index in [0.29, 0.717) is 18.4 Å². The van der Waals surface area contributed by atoms with Crippen molar-refractivity contribution in [3.63, 3.8) is 0 Å². The smallest absolute Gasteiger partial charge is 0.254 e. The van der Waals surface area contributed by atoms with E-state index in [0.717, 1.165) is 16.8 Å². The van der Waals surface area contributed by atoms with Gasteiger partial charge in [-0.15, -0.1) is 0 Å². The molecule has 2 aliphatic rings. The van der Waals surface area contributed by atoms with Gasteiger partial charge in [0.2, 0.25) is 5.91 Å². The van der Waals surface area contributed by atoms with E-state index in [4.69, 9.17) is 9.47 Å². The first-order chi connectivity index (χ1) is 18.1. The van der Waals surface area contributed by atoms with Crippen LogP contribution in [0.1, 0.15) is 29.6 Å². The zero-order valence-electron chi connectivity index (χ0n) is 20.5. The highest BCUT2D eigenvalue weighted by Gasteiger charge is 2.40. The molecule has 1 aromatic heterocycles. The van der Waals surface area contributed by atoms with Crippen molar-refractivity contribution in [1.29, 1.82) is 0 Å². The Morgan fingerprint density at radius 1 is 0.946 bits per heavy atom. The molecule has 0 spiro atoms. The first-order valence-electron chi connectivity index (χ1n) is 12.6. The predicted octanol–water partition coefficient (Wildman–Crippen LogP) is 3.53. The van der Waals surface area contributed by atoms with Crippen molar-refractivity contribution in [2.75, 3.05) is 25.1 Å². The van der Waals surface area contributed by atoms with Crippen molar-refractivity contribution in [2.24, 2.45) is 0 Å². The number of aliphatic hydroxyl groups is 1. The molecule has 4 atom stereocenters. The fourth-order valence-corrected chi connectivity index (χ4v) is 5.03. The van der Waals surface area contributed by atoms with Gasteiger partial charge in [0.25, 0.3) is 5.91 Å². The van der Waals surface area contributed by atoms with Crippen LogP contribution < -0.4 is 5.32 Å². The number of nitrogens with zero attached hydrogens (tertiary/aromatic N) is 2. The number of aromatic nitrogens is 1. The normalized spacial score (nSPS) is 23.9. The van der Waals surface area contributed by atoms with Crippen LogP contribution in [0.25, 0.3) is 11.1 Å². The maximum absolute atomic E-state index is 13.3. The van der Waals surface area contributed by atoms with Crippen LogP contribution in [0.3, 0.4) is 0 Å². The molecule has 3 aromatic rings. The Labute approximate surface area is 216 Å². The summed E-state index contributed by atoms with van der Waals surface area (Å²) in [4.78, 5) is 31.7. The van der Waals surface area contributed by atoms with Gasteiger partial charge >= 0.3 is 0 Å². The first-order valence-corrected chi connectivity index (χ1v) is 12.6. The number of carbonyl (C=O) groups is 2. The van der Waals surface area contributed by atoms with E-state index in [1.54, 1.807) is 29.4 Å². The summed E-state index contributed by atoms with van der Waals surface area (Å²) >= 11 is 0. The summed E-state index contributed by atoms with van der Waals surface area (Å²) in [5, 5.41) is 13.3. The molecular formula is C29H31N3O5. The topological polar surface area (TPSA) is 101 Å². The Kier molecular flexibility index (Phi) is 7.89. The molecule has 2 amide bonds. The van der Waals surface area contributed by atoms with Crippen LogP contribution in [0.15, 0.2) is 79.1 Å². The van der Waals surface area contributed by atoms with Crippen LogP contribution in [-0.2, 0) is 14.3 Å². The number of rotatable bonds is 5. The molecule has 2 saturated heterocycles. The molecule has 8 heteroatoms. The second-order valence-electron chi connectivity index (χ2n) is 9.52. The number of amides is 2. The summed E-state index contributed by atoms with van der Waals surface area (Å²) in [5.41, 5.74) is 3.45. The van der Waals surface area contributed by atoms with Crippen LogP contribution in [-0.4, -0.2) is 70.9 Å². The molecule has 0 bridgehead atoms. The highest BCUT2D eigenvalue weighted by Crippen LogP contribution is 2.29. The Bertz CT molecular complexity index is 1190. The van der Waals surface area contributed by atoms with Gasteiger partial charge in [0.05, 0.1) is 37.9 Å². The number of anilines is 1. The van der Waals surface area contributed by atoms with Crippen molar-refractivity contribution < 1.29 is 24.2 Å². The lowest BCUT2D eigenvalue weighted by molar-refractivity contribution is -0.149. The van der Waals surface area contributed by atoms with Crippen LogP contribution in [0.4, 0.5) is 5.69 Å². The lowest BCUT2D eigenvalue weighted by Crippen LogP contribution is -2.57. The van der Waals surface area contributed by atoms with E-state index in [9.17, 15) is 14.7 Å². The Morgan fingerprint density at radius 3 is 2.43 bits per heavy atom. The van der Waals surface area contributed by atoms with Gasteiger partial charge in [-0.3, -0.25) is 14.6 Å². The standard InChI is InChI=1S/C29H31N3O5/c33-24-17-32(29(35)22-12-14-30-15-13-22)26-11-10-25(37-27(26)19-36-18-24)16-28(34)31-23-8-6-21(7-9-23)20-4-2-1-3-5-20/h1-9,12-15,24-27,33H,10-11,16-19H2,(H,31,34)/t24-,25+,26+,27-/m1/s1. The summed E-state index contributed by atoms with van der Waals surface area (Å²) in [6.45, 7) is 0.535. The van der Waals surface area contributed by atoms with E-state index in [1.165, 1.54) is 0 Å². The summed E-state index contributed by atoms with van der Waals surface area (Å²) < 4.78 is 12.0. The molecule has 2 N–H and O–H groups in total. The Balaban J connectivity index is 1.20. The van der Waals surface area contributed by atoms with Gasteiger partial charge in [-0.25, -0.2) is 0 Å². The molecular weight excluding hydrogens is 470 g/mol. The van der Waals surface area contributed by atoms with Gasteiger partial charge in [-0.2, -0.15) is 0 Å². The summed E-state index contributed by atoms with van der Waals surface area (Å²) in [5.74, 6) is -0.292. The Morgan fingerprint density at radius 2 is 1.68 bits per heavy atom. The van der Waals surface area contributed by atoms with Crippen LogP contribution in [0.2, 0.25) is 0 Å². The number of β-amino-alcohol motifs (C(OH)–C–C–N with tert-alkyl or cyclic N) is 1. The number of fused-ring (bicyclic) bond motifs is 1. The van der Waals surface area contributed by atoms with Gasteiger partial charge in [0.1, 0.15) is 6.10 Å². The van der Waals surface area contributed by atoms with Crippen molar-refractivity contribution in [3.05, 3.63) is 84.7 Å². The van der Waals surface area contributed by atoms with Crippen molar-refractivity contribution >= 4 is 17.5 Å². The van der Waals surface area contributed by atoms with Gasteiger partial charge in [0, 0.05) is 30.2 Å². The number of pyridine rings is 1. The number of aliphatic hydroxyl groups excluding tert-OH is 1. The van der Waals surface area contributed by atoms with E-state index in [1.807, 2.05) is 54.6 Å². The number of nitrogens with one attached hydrogen (secondary N) is 1. The van der Waals surface area contributed by atoms with Gasteiger partial charge in [0.15, 0.2) is 0 Å². The van der Waals surface area contributed by atoms with E-state index >= 15 is 0 Å². The highest BCUT2D eigenvalue weighted by atomic mass is 16.5. The third-order valence-corrected chi connectivity index (χ3v) is 6.86. The molecule has 37 heavy (non-hydrogen) atoms. The van der Waals surface area contributed by atoms with E-state index < -0.39 is 6.10 Å². The summed E-state index contributed by atoms with van der Waals surface area (Å²) in [7, 11) is 0. The largest absolute Gasteiger partial charge is 0.389 e. The number of hydrogen-bond acceptors (Lipinski definition) is 6. The van der Waals surface area contributed by atoms with Gasteiger partial charge < -0.3 is 24.8 Å². The number of ether oxygens (including phenoxy) is 2. The maximum atomic E-state index is 13.3. The maximum Gasteiger partial charge on any atom is 0.254 e. The predicted molar refractivity (Wildman–Crippen MR) is 139 cm³/mol. The molecule has 0 radical (unpaired) electrons. The monoisotopic (exact) mass is 501 g/mol. The number of benzene rings is 2. The molecule has 192 valence electrons. The molecule has 0 aliphatic carbocycles. The van der Waals surface area contributed by atoms with Crippen LogP contribution >= 0.6 is 0 Å². The van der Waals surface area contributed by atoms with Crippen LogP contribution in [0, 0.1) is 0 Å². The number of carbonyl (C=O) groups excluding carboxylic acids is 2.